The maximum Gasteiger partial charge on any atom is 0.229 e. The third-order valence-corrected chi connectivity index (χ3v) is 4.57. The third kappa shape index (κ3) is 3.31. The molecule has 0 saturated carbocycles. The number of anilines is 1. The molecule has 1 saturated heterocycles. The molecule has 26 heavy (non-hydrogen) atoms. The molecule has 1 aromatic carbocycles. The Morgan fingerprint density at radius 2 is 2.19 bits per heavy atom. The van der Waals surface area contributed by atoms with Crippen molar-refractivity contribution in [3.63, 3.8) is 0 Å². The number of nitrogens with one attached hydrogen (secondary N) is 1. The molecule has 0 radical (unpaired) electrons. The largest absolute Gasteiger partial charge is 0.461 e. The lowest BCUT2D eigenvalue weighted by molar-refractivity contribution is -0.128. The molecule has 6 heteroatoms. The van der Waals surface area contributed by atoms with Crippen LogP contribution in [0.1, 0.15) is 17.9 Å². The van der Waals surface area contributed by atoms with Gasteiger partial charge in [0, 0.05) is 30.2 Å². The van der Waals surface area contributed by atoms with Gasteiger partial charge in [-0.3, -0.25) is 14.6 Å². The molecule has 0 bridgehead atoms. The Hall–Kier alpha value is -3.15. The summed E-state index contributed by atoms with van der Waals surface area (Å²) in [5.41, 5.74) is 2.32. The minimum atomic E-state index is -0.354. The van der Waals surface area contributed by atoms with Gasteiger partial charge < -0.3 is 14.6 Å². The fourth-order valence-electron chi connectivity index (χ4n) is 3.29. The molecule has 1 unspecified atom stereocenters. The van der Waals surface area contributed by atoms with E-state index in [4.69, 9.17) is 4.42 Å². The number of nitrogens with zero attached hydrogens (tertiary/aromatic N) is 2. The number of pyridine rings is 1. The number of likely N-dealkylation sites (tertiary alicyclic amines) is 1. The molecule has 3 heterocycles. The van der Waals surface area contributed by atoms with Crippen LogP contribution in [0.4, 0.5) is 5.69 Å². The van der Waals surface area contributed by atoms with Crippen LogP contribution in [0.15, 0.2) is 53.1 Å². The molecule has 132 valence electrons. The summed E-state index contributed by atoms with van der Waals surface area (Å²) in [7, 11) is 0. The van der Waals surface area contributed by atoms with E-state index < -0.39 is 0 Å². The molecule has 0 spiro atoms. The second kappa shape index (κ2) is 6.63. The van der Waals surface area contributed by atoms with Gasteiger partial charge in [0.25, 0.3) is 0 Å². The van der Waals surface area contributed by atoms with Gasteiger partial charge in [-0.25, -0.2) is 0 Å². The lowest BCUT2D eigenvalue weighted by atomic mass is 10.1. The van der Waals surface area contributed by atoms with Gasteiger partial charge in [-0.1, -0.05) is 6.07 Å². The van der Waals surface area contributed by atoms with Crippen LogP contribution >= 0.6 is 0 Å². The average molecular weight is 349 g/mol. The van der Waals surface area contributed by atoms with Crippen molar-refractivity contribution in [1.29, 1.82) is 0 Å². The number of hydrogen-bond donors (Lipinski definition) is 1. The van der Waals surface area contributed by atoms with Crippen molar-refractivity contribution in [2.75, 3.05) is 11.9 Å². The summed E-state index contributed by atoms with van der Waals surface area (Å²) in [5.74, 6) is 0.321. The van der Waals surface area contributed by atoms with Crippen molar-refractivity contribution in [1.82, 2.24) is 9.88 Å². The molecule has 1 fully saturated rings. The Labute approximate surface area is 150 Å². The molecule has 2 aromatic heterocycles. The number of carbonyl (C=O) groups is 2. The molecular formula is C20H19N3O3. The van der Waals surface area contributed by atoms with Crippen LogP contribution in [0.5, 0.6) is 0 Å². The summed E-state index contributed by atoms with van der Waals surface area (Å²) in [5, 5.41) is 3.86. The Bertz CT molecular complexity index is 965. The van der Waals surface area contributed by atoms with E-state index in [0.717, 1.165) is 22.4 Å². The van der Waals surface area contributed by atoms with E-state index in [1.807, 2.05) is 49.4 Å². The smallest absolute Gasteiger partial charge is 0.229 e. The second-order valence-electron chi connectivity index (χ2n) is 6.60. The van der Waals surface area contributed by atoms with E-state index in [0.29, 0.717) is 18.8 Å². The number of furan rings is 1. The number of aromatic nitrogens is 1. The van der Waals surface area contributed by atoms with Crippen LogP contribution in [0.2, 0.25) is 0 Å². The van der Waals surface area contributed by atoms with Crippen LogP contribution in [0, 0.1) is 12.8 Å². The fourth-order valence-corrected chi connectivity index (χ4v) is 3.29. The highest BCUT2D eigenvalue weighted by Gasteiger charge is 2.34. The predicted molar refractivity (Wildman–Crippen MR) is 97.3 cm³/mol. The predicted octanol–water partition coefficient (Wildman–Crippen LogP) is 3.12. The van der Waals surface area contributed by atoms with Crippen LogP contribution in [-0.4, -0.2) is 28.2 Å². The minimum Gasteiger partial charge on any atom is -0.461 e. The van der Waals surface area contributed by atoms with Gasteiger partial charge in [-0.05, 0) is 43.3 Å². The second-order valence-corrected chi connectivity index (χ2v) is 6.60. The Kier molecular flexibility index (Phi) is 4.16. The monoisotopic (exact) mass is 349 g/mol. The van der Waals surface area contributed by atoms with Gasteiger partial charge in [-0.15, -0.1) is 0 Å². The Morgan fingerprint density at radius 3 is 3.00 bits per heavy atom. The zero-order valence-corrected chi connectivity index (χ0v) is 14.4. The standard InChI is InChI=1S/C20H19N3O3/c1-13-8-14-9-16(5-6-18(14)26-13)22-20(25)15-10-19(24)23(11-15)12-17-4-2-3-7-21-17/h2-9,15H,10-12H2,1H3,(H,22,25). The van der Waals surface area contributed by atoms with Gasteiger partial charge in [0.1, 0.15) is 11.3 Å². The molecule has 1 N–H and O–H groups in total. The van der Waals surface area contributed by atoms with E-state index in [1.165, 1.54) is 0 Å². The highest BCUT2D eigenvalue weighted by Crippen LogP contribution is 2.25. The first-order chi connectivity index (χ1) is 12.6. The van der Waals surface area contributed by atoms with Crippen LogP contribution in [0.25, 0.3) is 11.0 Å². The van der Waals surface area contributed by atoms with Gasteiger partial charge in [0.2, 0.25) is 11.8 Å². The van der Waals surface area contributed by atoms with Crippen molar-refractivity contribution in [3.05, 3.63) is 60.1 Å². The van der Waals surface area contributed by atoms with Crippen molar-refractivity contribution in [3.8, 4) is 0 Å². The summed E-state index contributed by atoms with van der Waals surface area (Å²) in [6.45, 7) is 2.73. The minimum absolute atomic E-state index is 0.0169. The first-order valence-corrected chi connectivity index (χ1v) is 8.57. The number of carbonyl (C=O) groups excluding carboxylic acids is 2. The lowest BCUT2D eigenvalue weighted by Gasteiger charge is -2.16. The normalized spacial score (nSPS) is 17.0. The number of amides is 2. The van der Waals surface area contributed by atoms with Crippen molar-refractivity contribution >= 4 is 28.5 Å². The Morgan fingerprint density at radius 1 is 1.31 bits per heavy atom. The first-order valence-electron chi connectivity index (χ1n) is 8.57. The number of benzene rings is 1. The van der Waals surface area contributed by atoms with Crippen LogP contribution < -0.4 is 5.32 Å². The van der Waals surface area contributed by atoms with E-state index in [1.54, 1.807) is 11.1 Å². The van der Waals surface area contributed by atoms with Gasteiger partial charge >= 0.3 is 0 Å². The van der Waals surface area contributed by atoms with E-state index >= 15 is 0 Å². The molecule has 2 amide bonds. The van der Waals surface area contributed by atoms with Gasteiger partial charge in [-0.2, -0.15) is 0 Å². The summed E-state index contributed by atoms with van der Waals surface area (Å²) < 4.78 is 5.54. The van der Waals surface area contributed by atoms with Gasteiger partial charge in [0.05, 0.1) is 18.2 Å². The molecule has 4 rings (SSSR count). The van der Waals surface area contributed by atoms with Crippen LogP contribution in [-0.2, 0) is 16.1 Å². The number of hydrogen-bond acceptors (Lipinski definition) is 4. The van der Waals surface area contributed by atoms with Crippen LogP contribution in [0.3, 0.4) is 0 Å². The molecule has 1 aliphatic heterocycles. The molecule has 0 aliphatic carbocycles. The van der Waals surface area contributed by atoms with Crippen molar-refractivity contribution in [2.45, 2.75) is 19.9 Å². The SMILES string of the molecule is Cc1cc2cc(NC(=O)C3CC(=O)N(Cc4ccccn4)C3)ccc2o1. The molecule has 1 atom stereocenters. The number of aryl methyl sites for hydroxylation is 1. The van der Waals surface area contributed by atoms with E-state index in [-0.39, 0.29) is 24.2 Å². The van der Waals surface area contributed by atoms with E-state index in [2.05, 4.69) is 10.3 Å². The maximum atomic E-state index is 12.6. The molecule has 1 aliphatic rings. The zero-order chi connectivity index (χ0) is 18.1. The average Bonchev–Trinajstić information content (AvgIpc) is 3.17. The number of fused-ring (bicyclic) bond motifs is 1. The quantitative estimate of drug-likeness (QED) is 0.785. The highest BCUT2D eigenvalue weighted by molar-refractivity contribution is 5.98. The fraction of sp³-hybridized carbons (Fsp3) is 0.250. The zero-order valence-electron chi connectivity index (χ0n) is 14.4. The van der Waals surface area contributed by atoms with Crippen molar-refractivity contribution in [2.24, 2.45) is 5.92 Å². The summed E-state index contributed by atoms with van der Waals surface area (Å²) in [6.07, 6.45) is 1.93. The number of rotatable bonds is 4. The molecule has 6 nitrogen and oxygen atoms in total. The van der Waals surface area contributed by atoms with Gasteiger partial charge in [0.15, 0.2) is 0 Å². The Balaban J connectivity index is 1.42. The molecule has 3 aromatic rings. The summed E-state index contributed by atoms with van der Waals surface area (Å²) in [6, 6.07) is 13.1. The summed E-state index contributed by atoms with van der Waals surface area (Å²) in [4.78, 5) is 30.7. The first kappa shape index (κ1) is 16.3. The maximum absolute atomic E-state index is 12.6. The van der Waals surface area contributed by atoms with Crippen molar-refractivity contribution < 1.29 is 14.0 Å². The highest BCUT2D eigenvalue weighted by atomic mass is 16.3. The lowest BCUT2D eigenvalue weighted by Crippen LogP contribution is -2.28. The third-order valence-electron chi connectivity index (χ3n) is 4.57. The van der Waals surface area contributed by atoms with E-state index in [9.17, 15) is 9.59 Å². The topological polar surface area (TPSA) is 75.4 Å². The molecular weight excluding hydrogens is 330 g/mol. The summed E-state index contributed by atoms with van der Waals surface area (Å²) >= 11 is 0.